The SMILES string of the molecule is COC(=O)c1c(Cc2cccc3ccccc23)c2c(-c3nc(C)c(C)s3)c(Cl)ccc2oc1=O. The Hall–Kier alpha value is -3.48. The van der Waals surface area contributed by atoms with E-state index in [0.717, 1.165) is 26.9 Å². The predicted octanol–water partition coefficient (Wildman–Crippen LogP) is 6.72. The van der Waals surface area contributed by atoms with Gasteiger partial charge in [-0.1, -0.05) is 54.1 Å². The van der Waals surface area contributed by atoms with Crippen molar-refractivity contribution in [3.05, 3.63) is 97.3 Å². The van der Waals surface area contributed by atoms with Gasteiger partial charge in [0.25, 0.3) is 0 Å². The van der Waals surface area contributed by atoms with Crippen LogP contribution in [0.3, 0.4) is 0 Å². The monoisotopic (exact) mass is 489 g/mol. The third-order valence-corrected chi connectivity index (χ3v) is 7.41. The highest BCUT2D eigenvalue weighted by Gasteiger charge is 2.26. The maximum Gasteiger partial charge on any atom is 0.351 e. The molecule has 0 aliphatic heterocycles. The third kappa shape index (κ3) is 3.69. The normalized spacial score (nSPS) is 11.3. The van der Waals surface area contributed by atoms with Gasteiger partial charge in [0.1, 0.15) is 16.2 Å². The van der Waals surface area contributed by atoms with Crippen molar-refractivity contribution >= 4 is 50.6 Å². The van der Waals surface area contributed by atoms with Crippen LogP contribution in [0.15, 0.2) is 63.8 Å². The summed E-state index contributed by atoms with van der Waals surface area (Å²) in [5.41, 5.74) is 2.49. The molecule has 5 rings (SSSR count). The van der Waals surface area contributed by atoms with E-state index in [2.05, 4.69) is 0 Å². The number of aromatic nitrogens is 1. The number of aryl methyl sites for hydroxylation is 2. The van der Waals surface area contributed by atoms with Gasteiger partial charge in [-0.3, -0.25) is 0 Å². The average Bonchev–Trinajstić information content (AvgIpc) is 3.16. The average molecular weight is 490 g/mol. The molecule has 0 aliphatic carbocycles. The first-order valence-corrected chi connectivity index (χ1v) is 11.9. The van der Waals surface area contributed by atoms with Crippen molar-refractivity contribution in [3.8, 4) is 10.6 Å². The summed E-state index contributed by atoms with van der Waals surface area (Å²) in [4.78, 5) is 31.6. The van der Waals surface area contributed by atoms with Gasteiger partial charge in [-0.25, -0.2) is 14.6 Å². The lowest BCUT2D eigenvalue weighted by Crippen LogP contribution is -2.19. The zero-order valence-electron chi connectivity index (χ0n) is 18.8. The lowest BCUT2D eigenvalue weighted by molar-refractivity contribution is 0.0595. The molecule has 0 atom stereocenters. The Labute approximate surface area is 204 Å². The number of nitrogens with zero attached hydrogens (tertiary/aromatic N) is 1. The molecule has 2 aromatic heterocycles. The van der Waals surface area contributed by atoms with Crippen LogP contribution in [0.2, 0.25) is 5.02 Å². The number of esters is 1. The molecule has 34 heavy (non-hydrogen) atoms. The van der Waals surface area contributed by atoms with Crippen LogP contribution in [-0.4, -0.2) is 18.1 Å². The molecule has 0 spiro atoms. The summed E-state index contributed by atoms with van der Waals surface area (Å²) >= 11 is 8.21. The summed E-state index contributed by atoms with van der Waals surface area (Å²) < 4.78 is 10.6. The van der Waals surface area contributed by atoms with Gasteiger partial charge in [-0.2, -0.15) is 0 Å². The smallest absolute Gasteiger partial charge is 0.351 e. The molecule has 0 fully saturated rings. The first-order chi connectivity index (χ1) is 16.4. The standard InChI is InChI=1S/C27H20ClNO4S/c1-14-15(2)34-25(29-14)24-20(28)11-12-21-22(24)19(23(26(30)32-3)27(31)33-21)13-17-9-6-8-16-7-4-5-10-18(16)17/h4-12H,13H2,1-3H3. The number of carbonyl (C=O) groups excluding carboxylic acids is 1. The maximum absolute atomic E-state index is 13.0. The molecule has 0 N–H and O–H groups in total. The largest absolute Gasteiger partial charge is 0.465 e. The number of fused-ring (bicyclic) bond motifs is 2. The maximum atomic E-state index is 13.0. The summed E-state index contributed by atoms with van der Waals surface area (Å²) in [6.45, 7) is 3.93. The molecule has 5 aromatic rings. The van der Waals surface area contributed by atoms with Gasteiger partial charge in [-0.05, 0) is 54.3 Å². The number of benzene rings is 3. The predicted molar refractivity (Wildman–Crippen MR) is 136 cm³/mol. The van der Waals surface area contributed by atoms with Crippen LogP contribution in [-0.2, 0) is 11.2 Å². The van der Waals surface area contributed by atoms with Crippen molar-refractivity contribution in [3.63, 3.8) is 0 Å². The van der Waals surface area contributed by atoms with Crippen LogP contribution in [0.1, 0.15) is 32.1 Å². The molecule has 0 bridgehead atoms. The van der Waals surface area contributed by atoms with Crippen LogP contribution in [0.5, 0.6) is 0 Å². The molecule has 0 amide bonds. The molecule has 170 valence electrons. The molecule has 0 saturated carbocycles. The Morgan fingerprint density at radius 2 is 1.85 bits per heavy atom. The van der Waals surface area contributed by atoms with Crippen LogP contribution >= 0.6 is 22.9 Å². The topological polar surface area (TPSA) is 69.4 Å². The summed E-state index contributed by atoms with van der Waals surface area (Å²) in [6.07, 6.45) is 0.310. The lowest BCUT2D eigenvalue weighted by Gasteiger charge is -2.15. The fourth-order valence-electron chi connectivity index (χ4n) is 4.25. The van der Waals surface area contributed by atoms with Gasteiger partial charge in [0.2, 0.25) is 0 Å². The van der Waals surface area contributed by atoms with Crippen molar-refractivity contribution < 1.29 is 13.9 Å². The molecule has 0 unspecified atom stereocenters. The second-order valence-corrected chi connectivity index (χ2v) is 9.62. The zero-order valence-corrected chi connectivity index (χ0v) is 20.3. The van der Waals surface area contributed by atoms with E-state index in [4.69, 9.17) is 25.7 Å². The number of methoxy groups -OCH3 is 1. The Morgan fingerprint density at radius 1 is 1.09 bits per heavy atom. The summed E-state index contributed by atoms with van der Waals surface area (Å²) in [7, 11) is 1.25. The van der Waals surface area contributed by atoms with Crippen LogP contribution in [0, 0.1) is 13.8 Å². The van der Waals surface area contributed by atoms with E-state index in [-0.39, 0.29) is 5.56 Å². The molecular weight excluding hydrogens is 470 g/mol. The number of hydrogen-bond acceptors (Lipinski definition) is 6. The fourth-order valence-corrected chi connectivity index (χ4v) is 5.54. The van der Waals surface area contributed by atoms with Crippen molar-refractivity contribution in [2.45, 2.75) is 20.3 Å². The zero-order chi connectivity index (χ0) is 24.0. The first kappa shape index (κ1) is 22.3. The van der Waals surface area contributed by atoms with Crippen molar-refractivity contribution in [2.24, 2.45) is 0 Å². The Kier molecular flexibility index (Phi) is 5.71. The van der Waals surface area contributed by atoms with E-state index in [1.54, 1.807) is 12.1 Å². The van der Waals surface area contributed by atoms with Crippen LogP contribution in [0.4, 0.5) is 0 Å². The highest BCUT2D eigenvalue weighted by molar-refractivity contribution is 7.15. The number of hydrogen-bond donors (Lipinski definition) is 0. The molecule has 2 heterocycles. The molecule has 0 aliphatic rings. The minimum atomic E-state index is -0.747. The quantitative estimate of drug-likeness (QED) is 0.207. The number of rotatable bonds is 4. The second kappa shape index (κ2) is 8.70. The third-order valence-electron chi connectivity index (χ3n) is 6.01. The molecule has 7 heteroatoms. The summed E-state index contributed by atoms with van der Waals surface area (Å²) in [5.74, 6) is -0.747. The van der Waals surface area contributed by atoms with Crippen molar-refractivity contribution in [1.29, 1.82) is 0 Å². The number of carbonyl (C=O) groups is 1. The van der Waals surface area contributed by atoms with E-state index < -0.39 is 11.6 Å². The summed E-state index contributed by atoms with van der Waals surface area (Å²) in [5, 5.41) is 3.86. The van der Waals surface area contributed by atoms with Crippen LogP contribution in [0.25, 0.3) is 32.3 Å². The number of thiazole rings is 1. The van der Waals surface area contributed by atoms with Gasteiger partial charge in [0.15, 0.2) is 0 Å². The van der Waals surface area contributed by atoms with E-state index in [1.165, 1.54) is 18.4 Å². The van der Waals surface area contributed by atoms with E-state index in [1.807, 2.05) is 56.3 Å². The van der Waals surface area contributed by atoms with Gasteiger partial charge in [-0.15, -0.1) is 11.3 Å². The van der Waals surface area contributed by atoms with Gasteiger partial charge in [0.05, 0.1) is 17.8 Å². The minimum Gasteiger partial charge on any atom is -0.465 e. The molecule has 3 aromatic carbocycles. The van der Waals surface area contributed by atoms with Gasteiger partial charge in [0, 0.05) is 15.8 Å². The van der Waals surface area contributed by atoms with Crippen LogP contribution < -0.4 is 5.63 Å². The number of ether oxygens (including phenoxy) is 1. The van der Waals surface area contributed by atoms with E-state index >= 15 is 0 Å². The van der Waals surface area contributed by atoms with Gasteiger partial charge < -0.3 is 9.15 Å². The van der Waals surface area contributed by atoms with E-state index in [9.17, 15) is 9.59 Å². The second-order valence-electron chi connectivity index (χ2n) is 8.01. The van der Waals surface area contributed by atoms with Gasteiger partial charge >= 0.3 is 11.6 Å². The first-order valence-electron chi connectivity index (χ1n) is 10.7. The molecular formula is C27H20ClNO4S. The van der Waals surface area contributed by atoms with Crippen molar-refractivity contribution in [1.82, 2.24) is 4.98 Å². The minimum absolute atomic E-state index is 0.128. The van der Waals surface area contributed by atoms with E-state index in [0.29, 0.717) is 38.5 Å². The highest BCUT2D eigenvalue weighted by Crippen LogP contribution is 2.41. The lowest BCUT2D eigenvalue weighted by atomic mass is 9.92. The molecule has 5 nitrogen and oxygen atoms in total. The summed E-state index contributed by atoms with van der Waals surface area (Å²) in [6, 6.07) is 17.3. The highest BCUT2D eigenvalue weighted by atomic mass is 35.5. The van der Waals surface area contributed by atoms with Crippen molar-refractivity contribution in [2.75, 3.05) is 7.11 Å². The Bertz CT molecular complexity index is 1630. The Morgan fingerprint density at radius 3 is 2.59 bits per heavy atom. The Balaban J connectivity index is 1.90. The number of halogens is 1. The molecule has 0 radical (unpaired) electrons. The fraction of sp³-hybridized carbons (Fsp3) is 0.148. The molecule has 0 saturated heterocycles.